The lowest BCUT2D eigenvalue weighted by molar-refractivity contribution is 0.0341. The van der Waals surface area contributed by atoms with Crippen molar-refractivity contribution in [2.45, 2.75) is 12.2 Å². The topological polar surface area (TPSA) is 69.1 Å². The number of hydrogen-bond donors (Lipinski definition) is 3. The van der Waals surface area contributed by atoms with Crippen LogP contribution in [-0.4, -0.2) is 31.6 Å². The van der Waals surface area contributed by atoms with E-state index in [4.69, 9.17) is 0 Å². The van der Waals surface area contributed by atoms with Gasteiger partial charge in [-0.15, -0.1) is 0 Å². The Morgan fingerprint density at radius 3 is 3.00 bits per heavy atom. The Kier molecular flexibility index (Phi) is 3.04. The number of alkyl halides is 1. The second-order valence-electron chi connectivity index (χ2n) is 3.35. The SMILES string of the molecule is OC(CBr)C(O)c1cnc2[nH]ccc2c1. The Bertz CT molecular complexity index is 457. The Labute approximate surface area is 95.1 Å². The predicted octanol–water partition coefficient (Wildman–Crippen LogP) is 1.35. The molecule has 2 aromatic rings. The third-order valence-electron chi connectivity index (χ3n) is 2.29. The summed E-state index contributed by atoms with van der Waals surface area (Å²) < 4.78 is 0. The number of pyridine rings is 1. The van der Waals surface area contributed by atoms with Gasteiger partial charge >= 0.3 is 0 Å². The number of aliphatic hydroxyl groups excluding tert-OH is 2. The van der Waals surface area contributed by atoms with Crippen LogP contribution in [0.4, 0.5) is 0 Å². The second-order valence-corrected chi connectivity index (χ2v) is 4.00. The van der Waals surface area contributed by atoms with Gasteiger partial charge in [0.2, 0.25) is 0 Å². The van der Waals surface area contributed by atoms with Crippen molar-refractivity contribution in [1.29, 1.82) is 0 Å². The van der Waals surface area contributed by atoms with Gasteiger partial charge in [-0.3, -0.25) is 0 Å². The third kappa shape index (κ3) is 2.04. The van der Waals surface area contributed by atoms with Gasteiger partial charge in [0.15, 0.2) is 0 Å². The molecule has 15 heavy (non-hydrogen) atoms. The van der Waals surface area contributed by atoms with Gasteiger partial charge in [-0.05, 0) is 12.1 Å². The van der Waals surface area contributed by atoms with Crippen molar-refractivity contribution in [1.82, 2.24) is 9.97 Å². The maximum absolute atomic E-state index is 9.76. The lowest BCUT2D eigenvalue weighted by Gasteiger charge is -2.15. The van der Waals surface area contributed by atoms with E-state index in [2.05, 4.69) is 25.9 Å². The number of aromatic amines is 1. The van der Waals surface area contributed by atoms with E-state index in [9.17, 15) is 10.2 Å². The molecule has 3 N–H and O–H groups in total. The normalized spacial score (nSPS) is 15.4. The first kappa shape index (κ1) is 10.6. The van der Waals surface area contributed by atoms with Gasteiger partial charge < -0.3 is 15.2 Å². The highest BCUT2D eigenvalue weighted by molar-refractivity contribution is 9.09. The molecule has 2 aromatic heterocycles. The first-order chi connectivity index (χ1) is 7.22. The average molecular weight is 271 g/mol. The third-order valence-corrected chi connectivity index (χ3v) is 2.95. The molecule has 0 fully saturated rings. The van der Waals surface area contributed by atoms with Gasteiger partial charge in [0, 0.05) is 28.7 Å². The minimum Gasteiger partial charge on any atom is -0.389 e. The molecule has 5 heteroatoms. The molecule has 4 nitrogen and oxygen atoms in total. The fourth-order valence-corrected chi connectivity index (χ4v) is 1.78. The van der Waals surface area contributed by atoms with Crippen molar-refractivity contribution in [3.05, 3.63) is 30.1 Å². The van der Waals surface area contributed by atoms with E-state index in [1.54, 1.807) is 12.4 Å². The summed E-state index contributed by atoms with van der Waals surface area (Å²) in [6, 6.07) is 3.69. The van der Waals surface area contributed by atoms with Crippen LogP contribution in [0.1, 0.15) is 11.7 Å². The quantitative estimate of drug-likeness (QED) is 0.738. The molecule has 0 aliphatic heterocycles. The molecular weight excluding hydrogens is 260 g/mol. The van der Waals surface area contributed by atoms with Crippen LogP contribution >= 0.6 is 15.9 Å². The van der Waals surface area contributed by atoms with Crippen LogP contribution in [0.5, 0.6) is 0 Å². The minimum atomic E-state index is -0.906. The highest BCUT2D eigenvalue weighted by Gasteiger charge is 2.17. The Balaban J connectivity index is 2.35. The first-order valence-electron chi connectivity index (χ1n) is 4.57. The van der Waals surface area contributed by atoms with Gasteiger partial charge in [0.25, 0.3) is 0 Å². The molecule has 2 heterocycles. The molecule has 0 radical (unpaired) electrons. The Morgan fingerprint density at radius 2 is 2.27 bits per heavy atom. The molecule has 0 aromatic carbocycles. The van der Waals surface area contributed by atoms with E-state index in [1.165, 1.54) is 0 Å². The average Bonchev–Trinajstić information content (AvgIpc) is 2.73. The summed E-state index contributed by atoms with van der Waals surface area (Å²) in [4.78, 5) is 7.10. The van der Waals surface area contributed by atoms with Gasteiger partial charge in [-0.1, -0.05) is 15.9 Å². The molecule has 2 atom stereocenters. The van der Waals surface area contributed by atoms with E-state index in [-0.39, 0.29) is 0 Å². The zero-order chi connectivity index (χ0) is 10.8. The van der Waals surface area contributed by atoms with Crippen LogP contribution in [-0.2, 0) is 0 Å². The van der Waals surface area contributed by atoms with Crippen LogP contribution in [0, 0.1) is 0 Å². The molecule has 0 saturated heterocycles. The number of nitrogens with one attached hydrogen (secondary N) is 1. The molecule has 0 amide bonds. The van der Waals surface area contributed by atoms with Gasteiger partial charge in [-0.25, -0.2) is 4.98 Å². The van der Waals surface area contributed by atoms with E-state index < -0.39 is 12.2 Å². The summed E-state index contributed by atoms with van der Waals surface area (Å²) >= 11 is 3.12. The summed E-state index contributed by atoms with van der Waals surface area (Å²) in [5.74, 6) is 0. The summed E-state index contributed by atoms with van der Waals surface area (Å²) in [6.45, 7) is 0. The van der Waals surface area contributed by atoms with Crippen molar-refractivity contribution in [2.75, 3.05) is 5.33 Å². The minimum absolute atomic E-state index is 0.333. The number of nitrogens with zero attached hydrogens (tertiary/aromatic N) is 1. The van der Waals surface area contributed by atoms with E-state index in [0.717, 1.165) is 11.0 Å². The number of aromatic nitrogens is 2. The molecule has 0 aliphatic carbocycles. The van der Waals surface area contributed by atoms with Gasteiger partial charge in [0.05, 0.1) is 6.10 Å². The summed E-state index contributed by atoms with van der Waals surface area (Å²) in [6.07, 6.45) is 1.63. The van der Waals surface area contributed by atoms with Gasteiger partial charge in [0.1, 0.15) is 11.8 Å². The number of hydrogen-bond acceptors (Lipinski definition) is 3. The highest BCUT2D eigenvalue weighted by atomic mass is 79.9. The summed E-state index contributed by atoms with van der Waals surface area (Å²) in [5, 5.41) is 20.5. The largest absolute Gasteiger partial charge is 0.389 e. The molecule has 0 bridgehead atoms. The fourth-order valence-electron chi connectivity index (χ4n) is 1.43. The predicted molar refractivity (Wildman–Crippen MR) is 60.9 cm³/mol. The molecule has 2 rings (SSSR count). The van der Waals surface area contributed by atoms with E-state index in [0.29, 0.717) is 10.9 Å². The summed E-state index contributed by atoms with van der Waals surface area (Å²) in [7, 11) is 0. The fraction of sp³-hybridized carbons (Fsp3) is 0.300. The van der Waals surface area contributed by atoms with E-state index in [1.807, 2.05) is 12.1 Å². The van der Waals surface area contributed by atoms with Crippen molar-refractivity contribution in [3.63, 3.8) is 0 Å². The smallest absolute Gasteiger partial charge is 0.137 e. The monoisotopic (exact) mass is 270 g/mol. The lowest BCUT2D eigenvalue weighted by Crippen LogP contribution is -2.19. The van der Waals surface area contributed by atoms with Crippen molar-refractivity contribution < 1.29 is 10.2 Å². The molecular formula is C10H11BrN2O2. The Hall–Kier alpha value is -0.910. The Morgan fingerprint density at radius 1 is 1.47 bits per heavy atom. The maximum atomic E-state index is 9.76. The van der Waals surface area contributed by atoms with Crippen LogP contribution in [0.3, 0.4) is 0 Å². The molecule has 0 spiro atoms. The standard InChI is InChI=1S/C10H11BrN2O2/c11-4-8(14)9(15)7-3-6-1-2-12-10(6)13-5-7/h1-3,5,8-9,14-15H,4H2,(H,12,13). The zero-order valence-corrected chi connectivity index (χ0v) is 9.48. The number of rotatable bonds is 3. The summed E-state index contributed by atoms with van der Waals surface area (Å²) in [5.41, 5.74) is 1.40. The number of H-pyrrole nitrogens is 1. The molecule has 0 aliphatic rings. The highest BCUT2D eigenvalue weighted by Crippen LogP contribution is 2.20. The van der Waals surface area contributed by atoms with Crippen LogP contribution in [0.15, 0.2) is 24.5 Å². The number of fused-ring (bicyclic) bond motifs is 1. The molecule has 2 unspecified atom stereocenters. The molecule has 0 saturated carbocycles. The molecule has 80 valence electrons. The first-order valence-corrected chi connectivity index (χ1v) is 5.69. The second kappa shape index (κ2) is 4.30. The zero-order valence-electron chi connectivity index (χ0n) is 7.89. The van der Waals surface area contributed by atoms with Crippen molar-refractivity contribution in [3.8, 4) is 0 Å². The van der Waals surface area contributed by atoms with Crippen LogP contribution in [0.2, 0.25) is 0 Å². The van der Waals surface area contributed by atoms with Gasteiger partial charge in [-0.2, -0.15) is 0 Å². The van der Waals surface area contributed by atoms with Crippen molar-refractivity contribution >= 4 is 27.0 Å². The lowest BCUT2D eigenvalue weighted by atomic mass is 10.1. The number of halogens is 1. The number of aliphatic hydroxyl groups is 2. The van der Waals surface area contributed by atoms with Crippen LogP contribution < -0.4 is 0 Å². The van der Waals surface area contributed by atoms with E-state index >= 15 is 0 Å². The maximum Gasteiger partial charge on any atom is 0.137 e. The van der Waals surface area contributed by atoms with Crippen LogP contribution in [0.25, 0.3) is 11.0 Å². The van der Waals surface area contributed by atoms with Crippen molar-refractivity contribution in [2.24, 2.45) is 0 Å².